The van der Waals surface area contributed by atoms with Crippen LogP contribution < -0.4 is 0 Å². The Hall–Kier alpha value is -2.48. The zero-order valence-electron chi connectivity index (χ0n) is 14.8. The van der Waals surface area contributed by atoms with Crippen LogP contribution in [0.2, 0.25) is 5.02 Å². The van der Waals surface area contributed by atoms with Crippen molar-refractivity contribution in [2.45, 2.75) is 46.7 Å². The summed E-state index contributed by atoms with van der Waals surface area (Å²) in [5.74, 6) is 0.500. The van der Waals surface area contributed by atoms with Gasteiger partial charge < -0.3 is 0 Å². The van der Waals surface area contributed by atoms with E-state index in [9.17, 15) is 10.1 Å². The van der Waals surface area contributed by atoms with Crippen molar-refractivity contribution in [2.24, 2.45) is 10.3 Å². The van der Waals surface area contributed by atoms with Crippen LogP contribution in [-0.4, -0.2) is 31.8 Å². The molecule has 0 saturated heterocycles. The average Bonchev–Trinajstić information content (AvgIpc) is 2.87. The summed E-state index contributed by atoms with van der Waals surface area (Å²) >= 11 is 6.20. The fraction of sp³-hybridized carbons (Fsp3) is 0.438. The second-order valence-corrected chi connectivity index (χ2v) is 6.61. The SMILES string of the molecule is Cc1cc(/N=N/N(C(C)C)C(C)C)n(-c2ccc([N+](=O)[O-])cc2Cl)n1. The number of rotatable bonds is 6. The molecule has 0 fully saturated rings. The number of aryl methyl sites for hydroxylation is 1. The number of benzene rings is 1. The summed E-state index contributed by atoms with van der Waals surface area (Å²) in [4.78, 5) is 10.4. The number of hydrogen-bond acceptors (Lipinski definition) is 5. The Kier molecular flexibility index (Phi) is 5.73. The molecule has 0 saturated carbocycles. The molecule has 9 heteroatoms. The molecule has 0 radical (unpaired) electrons. The van der Waals surface area contributed by atoms with Crippen LogP contribution in [0.4, 0.5) is 11.5 Å². The predicted octanol–water partition coefficient (Wildman–Crippen LogP) is 4.86. The molecule has 0 amide bonds. The van der Waals surface area contributed by atoms with Crippen molar-refractivity contribution in [3.05, 3.63) is 45.1 Å². The molecule has 1 aromatic carbocycles. The van der Waals surface area contributed by atoms with Gasteiger partial charge in [0.1, 0.15) is 0 Å². The molecule has 0 aliphatic rings. The number of nitrogens with zero attached hydrogens (tertiary/aromatic N) is 6. The number of halogens is 1. The van der Waals surface area contributed by atoms with Crippen LogP contribution in [0.3, 0.4) is 0 Å². The Balaban J connectivity index is 2.43. The number of nitro groups is 1. The van der Waals surface area contributed by atoms with Gasteiger partial charge in [-0.05, 0) is 40.7 Å². The maximum atomic E-state index is 10.9. The van der Waals surface area contributed by atoms with Crippen molar-refractivity contribution in [3.8, 4) is 5.69 Å². The molecule has 8 nitrogen and oxygen atoms in total. The van der Waals surface area contributed by atoms with Crippen LogP contribution in [0.25, 0.3) is 5.69 Å². The summed E-state index contributed by atoms with van der Waals surface area (Å²) in [6.45, 7) is 9.98. The summed E-state index contributed by atoms with van der Waals surface area (Å²) in [6.07, 6.45) is 0. The standard InChI is InChI=1S/C16H21ClN6O2/c1-10(2)21(11(3)4)20-18-16-8-12(5)19-22(16)15-7-6-13(23(24)25)9-14(15)17/h6-11H,1-5H3/b20-18+. The molecule has 1 aromatic heterocycles. The molecule has 25 heavy (non-hydrogen) atoms. The topological polar surface area (TPSA) is 88.9 Å². The molecular formula is C16H21ClN6O2. The van der Waals surface area contributed by atoms with Crippen molar-refractivity contribution in [2.75, 3.05) is 0 Å². The van der Waals surface area contributed by atoms with E-state index in [0.717, 1.165) is 5.69 Å². The van der Waals surface area contributed by atoms with Crippen molar-refractivity contribution in [1.82, 2.24) is 14.8 Å². The maximum Gasteiger partial charge on any atom is 0.271 e. The summed E-state index contributed by atoms with van der Waals surface area (Å²) in [5.41, 5.74) is 1.17. The minimum Gasteiger partial charge on any atom is -0.273 e. The van der Waals surface area contributed by atoms with E-state index in [2.05, 4.69) is 15.4 Å². The lowest BCUT2D eigenvalue weighted by molar-refractivity contribution is -0.384. The predicted molar refractivity (Wildman–Crippen MR) is 96.6 cm³/mol. The van der Waals surface area contributed by atoms with Gasteiger partial charge in [-0.15, -0.1) is 5.11 Å². The Morgan fingerprint density at radius 2 is 1.88 bits per heavy atom. The Morgan fingerprint density at radius 1 is 1.24 bits per heavy atom. The van der Waals surface area contributed by atoms with Gasteiger partial charge in [-0.25, -0.2) is 4.68 Å². The van der Waals surface area contributed by atoms with E-state index in [4.69, 9.17) is 11.6 Å². The second kappa shape index (κ2) is 7.60. The maximum absolute atomic E-state index is 10.9. The highest BCUT2D eigenvalue weighted by atomic mass is 35.5. The highest BCUT2D eigenvalue weighted by molar-refractivity contribution is 6.32. The van der Waals surface area contributed by atoms with Crippen LogP contribution >= 0.6 is 11.6 Å². The van der Waals surface area contributed by atoms with Crippen molar-refractivity contribution < 1.29 is 4.92 Å². The Labute approximate surface area is 151 Å². The highest BCUT2D eigenvalue weighted by Crippen LogP contribution is 2.29. The fourth-order valence-electron chi connectivity index (χ4n) is 2.42. The number of hydrogen-bond donors (Lipinski definition) is 0. The molecule has 134 valence electrons. The summed E-state index contributed by atoms with van der Waals surface area (Å²) in [5, 5.41) is 26.0. The molecule has 1 heterocycles. The summed E-state index contributed by atoms with van der Waals surface area (Å²) in [6, 6.07) is 6.40. The lowest BCUT2D eigenvalue weighted by Gasteiger charge is -2.25. The zero-order valence-corrected chi connectivity index (χ0v) is 15.6. The molecule has 0 atom stereocenters. The summed E-state index contributed by atoms with van der Waals surface area (Å²) < 4.78 is 1.53. The zero-order chi connectivity index (χ0) is 18.7. The quantitative estimate of drug-likeness (QED) is 0.416. The monoisotopic (exact) mass is 364 g/mol. The fourth-order valence-corrected chi connectivity index (χ4v) is 2.67. The van der Waals surface area contributed by atoms with Gasteiger partial charge in [-0.1, -0.05) is 16.8 Å². The van der Waals surface area contributed by atoms with Gasteiger partial charge in [0.15, 0.2) is 5.82 Å². The van der Waals surface area contributed by atoms with Gasteiger partial charge in [-0.3, -0.25) is 15.1 Å². The van der Waals surface area contributed by atoms with Crippen LogP contribution in [0.1, 0.15) is 33.4 Å². The molecule has 0 N–H and O–H groups in total. The third-order valence-electron chi connectivity index (χ3n) is 3.49. The smallest absolute Gasteiger partial charge is 0.271 e. The molecule has 2 aromatic rings. The van der Waals surface area contributed by atoms with E-state index in [1.54, 1.807) is 12.1 Å². The normalized spacial score (nSPS) is 11.7. The molecule has 2 rings (SSSR count). The van der Waals surface area contributed by atoms with Gasteiger partial charge in [0.2, 0.25) is 0 Å². The van der Waals surface area contributed by atoms with Crippen LogP contribution in [0.5, 0.6) is 0 Å². The van der Waals surface area contributed by atoms with Gasteiger partial charge in [-0.2, -0.15) is 5.10 Å². The highest BCUT2D eigenvalue weighted by Gasteiger charge is 2.16. The van der Waals surface area contributed by atoms with Crippen LogP contribution in [0, 0.1) is 17.0 Å². The van der Waals surface area contributed by atoms with E-state index >= 15 is 0 Å². The van der Waals surface area contributed by atoms with Gasteiger partial charge in [0.05, 0.1) is 21.3 Å². The van der Waals surface area contributed by atoms with E-state index in [1.807, 2.05) is 39.6 Å². The Bertz CT molecular complexity index is 792. The molecule has 0 spiro atoms. The molecule has 0 aliphatic carbocycles. The first-order valence-electron chi connectivity index (χ1n) is 7.91. The van der Waals surface area contributed by atoms with E-state index in [1.165, 1.54) is 16.8 Å². The van der Waals surface area contributed by atoms with Crippen LogP contribution in [-0.2, 0) is 0 Å². The summed E-state index contributed by atoms with van der Waals surface area (Å²) in [7, 11) is 0. The first-order chi connectivity index (χ1) is 11.7. The second-order valence-electron chi connectivity index (χ2n) is 6.21. The van der Waals surface area contributed by atoms with Gasteiger partial charge in [0.25, 0.3) is 5.69 Å². The van der Waals surface area contributed by atoms with E-state index in [0.29, 0.717) is 11.5 Å². The van der Waals surface area contributed by atoms with Crippen molar-refractivity contribution in [1.29, 1.82) is 0 Å². The third-order valence-corrected chi connectivity index (χ3v) is 3.79. The minimum absolute atomic E-state index is 0.0772. The van der Waals surface area contributed by atoms with E-state index < -0.39 is 4.92 Å². The number of nitro benzene ring substituents is 1. The largest absolute Gasteiger partial charge is 0.273 e. The Morgan fingerprint density at radius 3 is 2.40 bits per heavy atom. The average molecular weight is 365 g/mol. The number of non-ortho nitro benzene ring substituents is 1. The van der Waals surface area contributed by atoms with Crippen molar-refractivity contribution in [3.63, 3.8) is 0 Å². The lowest BCUT2D eigenvalue weighted by atomic mass is 10.3. The third kappa shape index (κ3) is 4.33. The van der Waals surface area contributed by atoms with Crippen LogP contribution in [0.15, 0.2) is 34.6 Å². The van der Waals surface area contributed by atoms with Gasteiger partial charge >= 0.3 is 0 Å². The first-order valence-corrected chi connectivity index (χ1v) is 8.29. The molecule has 0 unspecified atom stereocenters. The van der Waals surface area contributed by atoms with Crippen molar-refractivity contribution >= 4 is 23.1 Å². The molecular weight excluding hydrogens is 344 g/mol. The van der Waals surface area contributed by atoms with E-state index in [-0.39, 0.29) is 22.8 Å². The number of aromatic nitrogens is 2. The minimum atomic E-state index is -0.492. The first kappa shape index (κ1) is 18.9. The van der Waals surface area contributed by atoms with Gasteiger partial charge in [0, 0.05) is 30.3 Å². The lowest BCUT2D eigenvalue weighted by Crippen LogP contribution is -2.31. The molecule has 0 aliphatic heterocycles. The molecule has 0 bridgehead atoms.